The summed E-state index contributed by atoms with van der Waals surface area (Å²) in [7, 11) is 0. The third kappa shape index (κ3) is 1.75. The van der Waals surface area contributed by atoms with Crippen LogP contribution in [0, 0.1) is 23.7 Å². The van der Waals surface area contributed by atoms with E-state index in [-0.39, 0.29) is 0 Å². The van der Waals surface area contributed by atoms with Crippen molar-refractivity contribution in [2.45, 2.75) is 25.7 Å². The van der Waals surface area contributed by atoms with E-state index in [2.05, 4.69) is 9.80 Å². The summed E-state index contributed by atoms with van der Waals surface area (Å²) in [5, 5.41) is 0. The van der Waals surface area contributed by atoms with Gasteiger partial charge >= 0.3 is 0 Å². The van der Waals surface area contributed by atoms with Crippen molar-refractivity contribution in [1.29, 1.82) is 0 Å². The first-order valence-electron chi connectivity index (χ1n) is 7.79. The molecule has 0 radical (unpaired) electrons. The van der Waals surface area contributed by atoms with Crippen molar-refractivity contribution in [2.75, 3.05) is 39.3 Å². The maximum atomic E-state index is 12.9. The Hall–Kier alpha value is -0.410. The molecule has 3 nitrogen and oxygen atoms in total. The highest BCUT2D eigenvalue weighted by atomic mass is 16.1. The summed E-state index contributed by atoms with van der Waals surface area (Å²) < 4.78 is 0. The summed E-state index contributed by atoms with van der Waals surface area (Å²) in [4.78, 5) is 17.9. The van der Waals surface area contributed by atoms with Gasteiger partial charge < -0.3 is 9.80 Å². The first kappa shape index (κ1) is 11.4. The normalized spacial score (nSPS) is 50.4. The predicted molar refractivity (Wildman–Crippen MR) is 70.3 cm³/mol. The van der Waals surface area contributed by atoms with Crippen LogP contribution in [0.1, 0.15) is 25.7 Å². The van der Waals surface area contributed by atoms with E-state index in [1.54, 1.807) is 0 Å². The number of nitrogens with zero attached hydrogens (tertiary/aromatic N) is 2. The molecule has 0 aromatic rings. The van der Waals surface area contributed by atoms with Crippen LogP contribution < -0.4 is 0 Å². The van der Waals surface area contributed by atoms with Gasteiger partial charge in [0.2, 0.25) is 0 Å². The van der Waals surface area contributed by atoms with E-state index < -0.39 is 0 Å². The molecule has 0 spiro atoms. The molecule has 4 bridgehead atoms. The molecule has 0 N–H and O–H groups in total. The van der Waals surface area contributed by atoms with Gasteiger partial charge in [0.05, 0.1) is 0 Å². The Morgan fingerprint density at radius 3 is 1.39 bits per heavy atom. The minimum absolute atomic E-state index is 0.387. The van der Waals surface area contributed by atoms with Crippen LogP contribution in [0.3, 0.4) is 0 Å². The number of hydrogen-bond acceptors (Lipinski definition) is 3. The number of hydrogen-bond donors (Lipinski definition) is 0. The van der Waals surface area contributed by atoms with Gasteiger partial charge in [-0.05, 0) is 63.7 Å². The number of carbonyl (C=O) groups is 1. The fourth-order valence-electron chi connectivity index (χ4n) is 4.85. The van der Waals surface area contributed by atoms with Crippen molar-refractivity contribution in [3.8, 4) is 0 Å². The number of Topliss-reactive ketones (excluding diaryl/α,β-unsaturated/α-hetero) is 1. The summed E-state index contributed by atoms with van der Waals surface area (Å²) in [6.07, 6.45) is 5.10. The van der Waals surface area contributed by atoms with Crippen molar-refractivity contribution in [3.05, 3.63) is 0 Å². The highest BCUT2D eigenvalue weighted by molar-refractivity contribution is 5.85. The maximum absolute atomic E-state index is 12.9. The molecule has 0 saturated carbocycles. The number of piperidine rings is 6. The van der Waals surface area contributed by atoms with E-state index in [1.165, 1.54) is 51.9 Å². The SMILES string of the molecule is O=C(C1CN2CCC1CC2)C1CN2CCC1CC2. The van der Waals surface area contributed by atoms with Gasteiger partial charge in [-0.2, -0.15) is 0 Å². The Labute approximate surface area is 110 Å². The highest BCUT2D eigenvalue weighted by Gasteiger charge is 2.45. The van der Waals surface area contributed by atoms with Crippen molar-refractivity contribution in [3.63, 3.8) is 0 Å². The molecule has 100 valence electrons. The van der Waals surface area contributed by atoms with Gasteiger partial charge in [-0.1, -0.05) is 0 Å². The molecule has 2 unspecified atom stereocenters. The van der Waals surface area contributed by atoms with Gasteiger partial charge in [0.25, 0.3) is 0 Å². The third-order valence-corrected chi connectivity index (χ3v) is 6.04. The second-order valence-electron chi connectivity index (χ2n) is 6.89. The number of rotatable bonds is 2. The van der Waals surface area contributed by atoms with Crippen LogP contribution in [-0.2, 0) is 4.79 Å². The molecule has 18 heavy (non-hydrogen) atoms. The summed E-state index contributed by atoms with van der Waals surface area (Å²) in [5.74, 6) is 2.85. The standard InChI is InChI=1S/C15H24N2O/c18-15(13-9-16-5-1-11(13)2-6-16)14-10-17-7-3-12(14)4-8-17/h11-14H,1-10H2. The molecule has 0 amide bonds. The largest absolute Gasteiger partial charge is 0.303 e. The van der Waals surface area contributed by atoms with Crippen molar-refractivity contribution in [1.82, 2.24) is 9.80 Å². The molecule has 6 fully saturated rings. The van der Waals surface area contributed by atoms with Crippen LogP contribution in [-0.4, -0.2) is 54.9 Å². The van der Waals surface area contributed by atoms with Crippen LogP contribution in [0.2, 0.25) is 0 Å². The van der Waals surface area contributed by atoms with Crippen molar-refractivity contribution in [2.24, 2.45) is 23.7 Å². The van der Waals surface area contributed by atoms with Crippen LogP contribution in [0.15, 0.2) is 0 Å². The van der Waals surface area contributed by atoms with E-state index >= 15 is 0 Å². The van der Waals surface area contributed by atoms with E-state index in [1.807, 2.05) is 0 Å². The Bertz CT molecular complexity index is 308. The molecule has 3 heteroatoms. The summed E-state index contributed by atoms with van der Waals surface area (Å²) in [6.45, 7) is 7.13. The van der Waals surface area contributed by atoms with E-state index in [0.29, 0.717) is 17.6 Å². The average molecular weight is 248 g/mol. The Morgan fingerprint density at radius 1 is 0.722 bits per heavy atom. The second kappa shape index (κ2) is 4.31. The molecular formula is C15H24N2O. The molecular weight excluding hydrogens is 224 g/mol. The lowest BCUT2D eigenvalue weighted by molar-refractivity contribution is -0.139. The van der Waals surface area contributed by atoms with E-state index in [9.17, 15) is 4.79 Å². The quantitative estimate of drug-likeness (QED) is 0.734. The van der Waals surface area contributed by atoms with Crippen LogP contribution in [0.25, 0.3) is 0 Å². The lowest BCUT2D eigenvalue weighted by Crippen LogP contribution is -2.56. The fraction of sp³-hybridized carbons (Fsp3) is 0.933. The minimum Gasteiger partial charge on any atom is -0.303 e. The average Bonchev–Trinajstić information content (AvgIpc) is 2.49. The third-order valence-electron chi connectivity index (χ3n) is 6.04. The van der Waals surface area contributed by atoms with Crippen LogP contribution in [0.4, 0.5) is 0 Å². The summed E-state index contributed by atoms with van der Waals surface area (Å²) in [5.41, 5.74) is 0. The number of carbonyl (C=O) groups excluding carboxylic acids is 1. The van der Waals surface area contributed by atoms with Gasteiger partial charge in [0.1, 0.15) is 5.78 Å². The van der Waals surface area contributed by atoms with Crippen molar-refractivity contribution >= 4 is 5.78 Å². The second-order valence-corrected chi connectivity index (χ2v) is 6.89. The molecule has 0 aliphatic carbocycles. The fourth-order valence-corrected chi connectivity index (χ4v) is 4.85. The van der Waals surface area contributed by atoms with Crippen LogP contribution in [0.5, 0.6) is 0 Å². The molecule has 2 atom stereocenters. The first-order valence-corrected chi connectivity index (χ1v) is 7.79. The number of fused-ring (bicyclic) bond motifs is 6. The molecule has 6 saturated heterocycles. The lowest BCUT2D eigenvalue weighted by atomic mass is 9.68. The van der Waals surface area contributed by atoms with Gasteiger partial charge in [-0.25, -0.2) is 0 Å². The molecule has 0 aromatic heterocycles. The topological polar surface area (TPSA) is 23.6 Å². The zero-order valence-corrected chi connectivity index (χ0v) is 11.2. The summed E-state index contributed by atoms with van der Waals surface area (Å²) in [6, 6.07) is 0. The zero-order chi connectivity index (χ0) is 12.1. The zero-order valence-electron chi connectivity index (χ0n) is 11.2. The van der Waals surface area contributed by atoms with Gasteiger partial charge in [-0.3, -0.25) is 4.79 Å². The maximum Gasteiger partial charge on any atom is 0.142 e. The molecule has 6 aliphatic heterocycles. The summed E-state index contributed by atoms with van der Waals surface area (Å²) >= 11 is 0. The monoisotopic (exact) mass is 248 g/mol. The Kier molecular flexibility index (Phi) is 2.73. The Balaban J connectivity index is 1.50. The van der Waals surface area contributed by atoms with E-state index in [0.717, 1.165) is 24.9 Å². The van der Waals surface area contributed by atoms with Gasteiger partial charge in [0.15, 0.2) is 0 Å². The highest BCUT2D eigenvalue weighted by Crippen LogP contribution is 2.39. The smallest absolute Gasteiger partial charge is 0.142 e. The molecule has 0 aromatic carbocycles. The van der Waals surface area contributed by atoms with Gasteiger partial charge in [-0.15, -0.1) is 0 Å². The van der Waals surface area contributed by atoms with Crippen molar-refractivity contribution < 1.29 is 4.79 Å². The Morgan fingerprint density at radius 2 is 1.11 bits per heavy atom. The minimum atomic E-state index is 0.387. The van der Waals surface area contributed by atoms with E-state index in [4.69, 9.17) is 0 Å². The molecule has 6 heterocycles. The molecule has 6 rings (SSSR count). The predicted octanol–water partition coefficient (Wildman–Crippen LogP) is 1.24. The molecule has 6 aliphatic rings. The van der Waals surface area contributed by atoms with Crippen LogP contribution >= 0.6 is 0 Å². The number of ketones is 1. The first-order chi connectivity index (χ1) is 8.81. The van der Waals surface area contributed by atoms with Gasteiger partial charge in [0, 0.05) is 24.9 Å². The lowest BCUT2D eigenvalue weighted by Gasteiger charge is -2.49.